The molecular weight excluding hydrogens is 308 g/mol. The first-order valence-electron chi connectivity index (χ1n) is 6.23. The topological polar surface area (TPSA) is 108 Å². The summed E-state index contributed by atoms with van der Waals surface area (Å²) in [7, 11) is 0. The number of thiocarbonyl (C=S) groups is 1. The zero-order chi connectivity index (χ0) is 16.3. The van der Waals surface area contributed by atoms with E-state index in [1.807, 2.05) is 0 Å². The van der Waals surface area contributed by atoms with Crippen molar-refractivity contribution >= 4 is 41.2 Å². The molecule has 1 fully saturated rings. The first-order valence-corrected chi connectivity index (χ1v) is 6.63. The van der Waals surface area contributed by atoms with Crippen LogP contribution >= 0.6 is 12.2 Å². The lowest BCUT2D eigenvalue weighted by molar-refractivity contribution is -0.312. The molecule has 1 aromatic rings. The van der Waals surface area contributed by atoms with E-state index in [0.717, 1.165) is 0 Å². The van der Waals surface area contributed by atoms with Gasteiger partial charge in [-0.3, -0.25) is 20.2 Å². The summed E-state index contributed by atoms with van der Waals surface area (Å²) in [5.41, 5.74) is 0.493. The lowest BCUT2D eigenvalue weighted by Gasteiger charge is -2.17. The fourth-order valence-corrected chi connectivity index (χ4v) is 1.85. The van der Waals surface area contributed by atoms with Crippen LogP contribution in [-0.2, 0) is 14.4 Å². The maximum absolute atomic E-state index is 11.7. The molecule has 2 rings (SSSR count). The summed E-state index contributed by atoms with van der Waals surface area (Å²) in [6.07, 6.45) is 0.304. The smallest absolute Gasteiger partial charge is 0.263 e. The van der Waals surface area contributed by atoms with Crippen molar-refractivity contribution in [1.82, 2.24) is 10.6 Å². The summed E-state index contributed by atoms with van der Waals surface area (Å²) >= 11 is 4.69. The molecule has 1 aliphatic heterocycles. The minimum atomic E-state index is -1.32. The molecule has 1 saturated heterocycles. The van der Waals surface area contributed by atoms with Crippen molar-refractivity contribution in [2.45, 2.75) is 13.0 Å². The van der Waals surface area contributed by atoms with Crippen LogP contribution in [0, 0.1) is 0 Å². The molecule has 0 bridgehead atoms. The molecule has 1 aromatic carbocycles. The fourth-order valence-electron chi connectivity index (χ4n) is 1.67. The summed E-state index contributed by atoms with van der Waals surface area (Å²) in [6.45, 7) is 1.35. The van der Waals surface area contributed by atoms with E-state index in [0.29, 0.717) is 11.3 Å². The van der Waals surface area contributed by atoms with Crippen molar-refractivity contribution in [2.75, 3.05) is 0 Å². The molecule has 22 heavy (non-hydrogen) atoms. The number of carbonyl (C=O) groups is 3. The molecule has 2 amide bonds. The molecule has 1 unspecified atom stereocenters. The molecule has 114 valence electrons. The standard InChI is InChI=1S/C14H12N2O5S/c1-7(13(19)20)21-9-4-2-8(3-5-9)6-10-11(17)15-14(22)16-12(10)18/h2-7H,1H3,(H,19,20)(H2,15,16,17,18,22)/p-1. The van der Waals surface area contributed by atoms with Crippen molar-refractivity contribution in [3.8, 4) is 5.75 Å². The zero-order valence-electron chi connectivity index (χ0n) is 11.4. The third kappa shape index (κ3) is 3.67. The lowest BCUT2D eigenvalue weighted by Crippen LogP contribution is -2.51. The van der Waals surface area contributed by atoms with E-state index in [2.05, 4.69) is 10.6 Å². The number of carbonyl (C=O) groups excluding carboxylic acids is 3. The van der Waals surface area contributed by atoms with E-state index in [1.165, 1.54) is 25.1 Å². The molecule has 7 nitrogen and oxygen atoms in total. The summed E-state index contributed by atoms with van der Waals surface area (Å²) in [6, 6.07) is 6.21. The van der Waals surface area contributed by atoms with Gasteiger partial charge >= 0.3 is 0 Å². The van der Waals surface area contributed by atoms with Gasteiger partial charge < -0.3 is 14.6 Å². The highest BCUT2D eigenvalue weighted by Gasteiger charge is 2.25. The summed E-state index contributed by atoms with van der Waals surface area (Å²) in [5, 5.41) is 15.2. The van der Waals surface area contributed by atoms with Gasteiger partial charge in [-0.15, -0.1) is 0 Å². The Morgan fingerprint density at radius 1 is 1.23 bits per heavy atom. The maximum Gasteiger partial charge on any atom is 0.263 e. The molecule has 1 aliphatic rings. The molecule has 2 N–H and O–H groups in total. The minimum absolute atomic E-state index is 0.0350. The van der Waals surface area contributed by atoms with Crippen LogP contribution in [0.3, 0.4) is 0 Å². The molecule has 0 aromatic heterocycles. The van der Waals surface area contributed by atoms with E-state index in [1.54, 1.807) is 12.1 Å². The number of amides is 2. The normalized spacial score (nSPS) is 15.7. The van der Waals surface area contributed by atoms with Crippen LogP contribution in [0.25, 0.3) is 6.08 Å². The van der Waals surface area contributed by atoms with E-state index in [-0.39, 0.29) is 10.7 Å². The second-order valence-corrected chi connectivity index (χ2v) is 4.85. The lowest BCUT2D eigenvalue weighted by atomic mass is 10.1. The van der Waals surface area contributed by atoms with Crippen molar-refractivity contribution in [2.24, 2.45) is 0 Å². The third-order valence-corrected chi connectivity index (χ3v) is 2.98. The Bertz CT molecular complexity index is 659. The Kier molecular flexibility index (Phi) is 4.52. The second kappa shape index (κ2) is 6.35. The molecular formula is C14H11N2O5S-. The van der Waals surface area contributed by atoms with Gasteiger partial charge in [0.25, 0.3) is 11.8 Å². The van der Waals surface area contributed by atoms with Crippen LogP contribution in [0.4, 0.5) is 0 Å². The SMILES string of the molecule is CC(Oc1ccc(C=C2C(=O)NC(=S)NC2=O)cc1)C(=O)[O-]. The molecule has 1 atom stereocenters. The number of ether oxygens (including phenoxy) is 1. The van der Waals surface area contributed by atoms with Crippen LogP contribution in [0.5, 0.6) is 5.75 Å². The number of carboxylic acid groups (broad SMARTS) is 1. The first-order chi connectivity index (χ1) is 10.4. The van der Waals surface area contributed by atoms with Gasteiger partial charge in [0.15, 0.2) is 5.11 Å². The van der Waals surface area contributed by atoms with Gasteiger partial charge in [0, 0.05) is 0 Å². The summed E-state index contributed by atoms with van der Waals surface area (Å²) in [4.78, 5) is 34.0. The number of carboxylic acids is 1. The number of nitrogens with one attached hydrogen (secondary N) is 2. The average Bonchev–Trinajstić information content (AvgIpc) is 2.44. The highest BCUT2D eigenvalue weighted by molar-refractivity contribution is 7.80. The Morgan fingerprint density at radius 2 is 1.77 bits per heavy atom. The predicted octanol–water partition coefficient (Wildman–Crippen LogP) is -0.882. The van der Waals surface area contributed by atoms with Crippen LogP contribution in [0.15, 0.2) is 29.8 Å². The summed E-state index contributed by atoms with van der Waals surface area (Å²) in [5.74, 6) is -2.16. The monoisotopic (exact) mass is 319 g/mol. The predicted molar refractivity (Wildman–Crippen MR) is 78.4 cm³/mol. The van der Waals surface area contributed by atoms with E-state index in [4.69, 9.17) is 17.0 Å². The first kappa shape index (κ1) is 15.6. The average molecular weight is 319 g/mol. The molecule has 8 heteroatoms. The maximum atomic E-state index is 11.7. The van der Waals surface area contributed by atoms with Crippen molar-refractivity contribution < 1.29 is 24.2 Å². The number of benzene rings is 1. The number of rotatable bonds is 4. The van der Waals surface area contributed by atoms with Gasteiger partial charge in [-0.05, 0) is 42.9 Å². The van der Waals surface area contributed by atoms with Crippen LogP contribution in [0.1, 0.15) is 12.5 Å². The van der Waals surface area contributed by atoms with Gasteiger partial charge in [-0.25, -0.2) is 0 Å². The van der Waals surface area contributed by atoms with E-state index >= 15 is 0 Å². The Balaban J connectivity index is 2.15. The Hall–Kier alpha value is -2.74. The number of hydrogen-bond acceptors (Lipinski definition) is 6. The highest BCUT2D eigenvalue weighted by atomic mass is 32.1. The van der Waals surface area contributed by atoms with E-state index in [9.17, 15) is 19.5 Å². The summed E-state index contributed by atoms with van der Waals surface area (Å²) < 4.78 is 5.12. The largest absolute Gasteiger partial charge is 0.546 e. The molecule has 1 heterocycles. The number of aliphatic carboxylic acids is 1. The third-order valence-electron chi connectivity index (χ3n) is 2.78. The van der Waals surface area contributed by atoms with Crippen LogP contribution in [0.2, 0.25) is 0 Å². The van der Waals surface area contributed by atoms with Crippen LogP contribution < -0.4 is 20.5 Å². The van der Waals surface area contributed by atoms with Crippen molar-refractivity contribution in [1.29, 1.82) is 0 Å². The van der Waals surface area contributed by atoms with E-state index < -0.39 is 23.9 Å². The Morgan fingerprint density at radius 3 is 2.27 bits per heavy atom. The molecule has 0 saturated carbocycles. The second-order valence-electron chi connectivity index (χ2n) is 4.44. The number of hydrogen-bond donors (Lipinski definition) is 2. The van der Waals surface area contributed by atoms with Crippen molar-refractivity contribution in [3.63, 3.8) is 0 Å². The molecule has 0 spiro atoms. The van der Waals surface area contributed by atoms with Gasteiger partial charge in [0.05, 0.1) is 5.97 Å². The highest BCUT2D eigenvalue weighted by Crippen LogP contribution is 2.16. The van der Waals surface area contributed by atoms with Crippen molar-refractivity contribution in [3.05, 3.63) is 35.4 Å². The van der Waals surface area contributed by atoms with Gasteiger partial charge in [-0.1, -0.05) is 12.1 Å². The quantitative estimate of drug-likeness (QED) is 0.424. The minimum Gasteiger partial charge on any atom is -0.546 e. The van der Waals surface area contributed by atoms with Gasteiger partial charge in [0.1, 0.15) is 17.4 Å². The van der Waals surface area contributed by atoms with Gasteiger partial charge in [-0.2, -0.15) is 0 Å². The Labute approximate surface area is 131 Å². The molecule has 0 radical (unpaired) electrons. The fraction of sp³-hybridized carbons (Fsp3) is 0.143. The zero-order valence-corrected chi connectivity index (χ0v) is 12.2. The van der Waals surface area contributed by atoms with Gasteiger partial charge in [0.2, 0.25) is 0 Å². The van der Waals surface area contributed by atoms with Crippen LogP contribution in [-0.4, -0.2) is 29.0 Å². The molecule has 0 aliphatic carbocycles.